The van der Waals surface area contributed by atoms with Crippen LogP contribution in [0.15, 0.2) is 12.1 Å². The van der Waals surface area contributed by atoms with Gasteiger partial charge in [0.25, 0.3) is 0 Å². The van der Waals surface area contributed by atoms with Crippen LogP contribution >= 0.6 is 0 Å². The zero-order valence-corrected chi connectivity index (χ0v) is 11.6. The second kappa shape index (κ2) is 5.44. The standard InChI is InChI=1S/C14H18F3N3/c1-9-7-11-12(8-10(9)2)20(6-4-3-5-18)13(19-11)14(15,16)17/h7-8H,3-6,18H2,1-2H3. The van der Waals surface area contributed by atoms with E-state index in [2.05, 4.69) is 4.98 Å². The van der Waals surface area contributed by atoms with Gasteiger partial charge in [-0.3, -0.25) is 0 Å². The van der Waals surface area contributed by atoms with Crippen LogP contribution in [0.25, 0.3) is 11.0 Å². The van der Waals surface area contributed by atoms with E-state index in [0.29, 0.717) is 30.4 Å². The molecule has 1 heterocycles. The van der Waals surface area contributed by atoms with E-state index in [1.165, 1.54) is 4.57 Å². The summed E-state index contributed by atoms with van der Waals surface area (Å²) in [4.78, 5) is 3.77. The molecule has 0 aliphatic heterocycles. The molecule has 1 aromatic heterocycles. The molecule has 2 N–H and O–H groups in total. The van der Waals surface area contributed by atoms with Gasteiger partial charge in [0.15, 0.2) is 0 Å². The third-order valence-electron chi connectivity index (χ3n) is 3.45. The zero-order valence-electron chi connectivity index (χ0n) is 11.6. The Balaban J connectivity index is 2.56. The number of aryl methyl sites for hydroxylation is 3. The van der Waals surface area contributed by atoms with Crippen LogP contribution in [0.2, 0.25) is 0 Å². The van der Waals surface area contributed by atoms with Crippen molar-refractivity contribution in [3.05, 3.63) is 29.1 Å². The number of fused-ring (bicyclic) bond motifs is 1. The van der Waals surface area contributed by atoms with Crippen molar-refractivity contribution in [2.45, 2.75) is 39.4 Å². The van der Waals surface area contributed by atoms with E-state index in [1.807, 2.05) is 13.8 Å². The van der Waals surface area contributed by atoms with Gasteiger partial charge in [0.2, 0.25) is 5.82 Å². The number of imidazole rings is 1. The lowest BCUT2D eigenvalue weighted by molar-refractivity contribution is -0.146. The smallest absolute Gasteiger partial charge is 0.330 e. The maximum Gasteiger partial charge on any atom is 0.449 e. The zero-order chi connectivity index (χ0) is 14.9. The molecule has 0 bridgehead atoms. The molecule has 0 unspecified atom stereocenters. The first kappa shape index (κ1) is 14.8. The predicted molar refractivity (Wildman–Crippen MR) is 72.5 cm³/mol. The Bertz CT molecular complexity index is 614. The summed E-state index contributed by atoms with van der Waals surface area (Å²) >= 11 is 0. The Kier molecular flexibility index (Phi) is 4.04. The molecule has 3 nitrogen and oxygen atoms in total. The highest BCUT2D eigenvalue weighted by molar-refractivity contribution is 5.78. The van der Waals surface area contributed by atoms with Crippen molar-refractivity contribution in [1.82, 2.24) is 9.55 Å². The first-order chi connectivity index (χ1) is 9.34. The van der Waals surface area contributed by atoms with Gasteiger partial charge in [-0.1, -0.05) is 0 Å². The number of rotatable bonds is 4. The van der Waals surface area contributed by atoms with Crippen LogP contribution in [0.1, 0.15) is 29.8 Å². The Morgan fingerprint density at radius 2 is 1.80 bits per heavy atom. The maximum atomic E-state index is 13.1. The molecular weight excluding hydrogens is 267 g/mol. The summed E-state index contributed by atoms with van der Waals surface area (Å²) in [7, 11) is 0. The summed E-state index contributed by atoms with van der Waals surface area (Å²) in [5.74, 6) is -0.825. The molecule has 0 radical (unpaired) electrons. The number of benzene rings is 1. The number of hydrogen-bond acceptors (Lipinski definition) is 2. The summed E-state index contributed by atoms with van der Waals surface area (Å²) in [6, 6.07) is 3.48. The number of hydrogen-bond donors (Lipinski definition) is 1. The Labute approximate surface area is 115 Å². The number of aromatic nitrogens is 2. The van der Waals surface area contributed by atoms with E-state index in [4.69, 9.17) is 5.73 Å². The topological polar surface area (TPSA) is 43.8 Å². The van der Waals surface area contributed by atoms with Crippen LogP contribution in [-0.2, 0) is 12.7 Å². The number of nitrogens with two attached hydrogens (primary N) is 1. The lowest BCUT2D eigenvalue weighted by atomic mass is 10.1. The molecule has 20 heavy (non-hydrogen) atoms. The van der Waals surface area contributed by atoms with Gasteiger partial charge >= 0.3 is 6.18 Å². The van der Waals surface area contributed by atoms with E-state index >= 15 is 0 Å². The maximum absolute atomic E-state index is 13.1. The third-order valence-corrected chi connectivity index (χ3v) is 3.45. The summed E-state index contributed by atoms with van der Waals surface area (Å²) < 4.78 is 40.5. The summed E-state index contributed by atoms with van der Waals surface area (Å²) in [5.41, 5.74) is 8.24. The van der Waals surface area contributed by atoms with Crippen LogP contribution in [0, 0.1) is 13.8 Å². The fourth-order valence-corrected chi connectivity index (χ4v) is 2.24. The number of halogens is 3. The molecule has 2 aromatic rings. The van der Waals surface area contributed by atoms with Gasteiger partial charge in [-0.2, -0.15) is 13.2 Å². The van der Waals surface area contributed by atoms with Crippen molar-refractivity contribution in [2.24, 2.45) is 5.73 Å². The minimum Gasteiger partial charge on any atom is -0.330 e. The van der Waals surface area contributed by atoms with Crippen molar-refractivity contribution < 1.29 is 13.2 Å². The molecule has 0 saturated carbocycles. The van der Waals surface area contributed by atoms with E-state index in [1.54, 1.807) is 12.1 Å². The highest BCUT2D eigenvalue weighted by Crippen LogP contribution is 2.32. The third kappa shape index (κ3) is 2.80. The first-order valence-electron chi connectivity index (χ1n) is 6.59. The first-order valence-corrected chi connectivity index (χ1v) is 6.59. The Morgan fingerprint density at radius 1 is 1.15 bits per heavy atom. The highest BCUT2D eigenvalue weighted by atomic mass is 19.4. The quantitative estimate of drug-likeness (QED) is 0.875. The second-order valence-corrected chi connectivity index (χ2v) is 5.01. The molecule has 0 aliphatic carbocycles. The largest absolute Gasteiger partial charge is 0.449 e. The Hall–Kier alpha value is -1.56. The molecule has 1 aromatic carbocycles. The second-order valence-electron chi connectivity index (χ2n) is 5.01. The normalized spacial score (nSPS) is 12.3. The van der Waals surface area contributed by atoms with E-state index in [0.717, 1.165) is 11.1 Å². The lowest BCUT2D eigenvalue weighted by Crippen LogP contribution is -2.15. The summed E-state index contributed by atoms with van der Waals surface area (Å²) in [5, 5.41) is 0. The van der Waals surface area contributed by atoms with Crippen molar-refractivity contribution in [3.8, 4) is 0 Å². The minimum atomic E-state index is -4.44. The van der Waals surface area contributed by atoms with Gasteiger partial charge < -0.3 is 10.3 Å². The highest BCUT2D eigenvalue weighted by Gasteiger charge is 2.37. The minimum absolute atomic E-state index is 0.283. The fourth-order valence-electron chi connectivity index (χ4n) is 2.24. The molecule has 0 atom stereocenters. The van der Waals surface area contributed by atoms with Crippen LogP contribution < -0.4 is 5.73 Å². The van der Waals surface area contributed by atoms with Crippen LogP contribution in [-0.4, -0.2) is 16.1 Å². The monoisotopic (exact) mass is 285 g/mol. The van der Waals surface area contributed by atoms with Gasteiger partial charge in [-0.25, -0.2) is 4.98 Å². The Morgan fingerprint density at radius 3 is 2.40 bits per heavy atom. The molecule has 6 heteroatoms. The predicted octanol–water partition coefficient (Wildman–Crippen LogP) is 3.41. The summed E-state index contributed by atoms with van der Waals surface area (Å²) in [6.07, 6.45) is -3.14. The van der Waals surface area contributed by atoms with Gasteiger partial charge in [-0.15, -0.1) is 0 Å². The molecule has 0 spiro atoms. The van der Waals surface area contributed by atoms with Gasteiger partial charge in [0.1, 0.15) is 0 Å². The van der Waals surface area contributed by atoms with Crippen LogP contribution in [0.4, 0.5) is 13.2 Å². The van der Waals surface area contributed by atoms with Crippen molar-refractivity contribution >= 4 is 11.0 Å². The van der Waals surface area contributed by atoms with Crippen LogP contribution in [0.3, 0.4) is 0 Å². The number of unbranched alkanes of at least 4 members (excludes halogenated alkanes) is 1. The SMILES string of the molecule is Cc1cc2nc(C(F)(F)F)n(CCCCN)c2cc1C. The van der Waals surface area contributed by atoms with E-state index in [-0.39, 0.29) is 6.54 Å². The number of nitrogens with zero attached hydrogens (tertiary/aromatic N) is 2. The molecule has 0 amide bonds. The molecule has 0 saturated heterocycles. The average molecular weight is 285 g/mol. The number of alkyl halides is 3. The van der Waals surface area contributed by atoms with E-state index < -0.39 is 12.0 Å². The van der Waals surface area contributed by atoms with Gasteiger partial charge in [-0.05, 0) is 56.5 Å². The fraction of sp³-hybridized carbons (Fsp3) is 0.500. The molecule has 0 fully saturated rings. The van der Waals surface area contributed by atoms with Gasteiger partial charge in [0.05, 0.1) is 11.0 Å². The average Bonchev–Trinajstić information content (AvgIpc) is 2.69. The van der Waals surface area contributed by atoms with Crippen molar-refractivity contribution in [3.63, 3.8) is 0 Å². The molecule has 2 rings (SSSR count). The molecule has 110 valence electrons. The van der Waals surface area contributed by atoms with E-state index in [9.17, 15) is 13.2 Å². The lowest BCUT2D eigenvalue weighted by Gasteiger charge is -2.11. The summed E-state index contributed by atoms with van der Waals surface area (Å²) in [6.45, 7) is 4.52. The van der Waals surface area contributed by atoms with Crippen molar-refractivity contribution in [1.29, 1.82) is 0 Å². The van der Waals surface area contributed by atoms with Crippen molar-refractivity contribution in [2.75, 3.05) is 6.54 Å². The molecule has 0 aliphatic rings. The molecular formula is C14H18F3N3. The van der Waals surface area contributed by atoms with Crippen LogP contribution in [0.5, 0.6) is 0 Å². The van der Waals surface area contributed by atoms with Gasteiger partial charge in [0, 0.05) is 6.54 Å².